The van der Waals surface area contributed by atoms with Crippen molar-refractivity contribution in [3.63, 3.8) is 0 Å². The Bertz CT molecular complexity index is 475. The van der Waals surface area contributed by atoms with Crippen molar-refractivity contribution < 1.29 is 4.79 Å². The summed E-state index contributed by atoms with van der Waals surface area (Å²) in [4.78, 5) is 15.1. The second kappa shape index (κ2) is 2.85. The molecule has 4 heteroatoms. The average Bonchev–Trinajstić information content (AvgIpc) is 2.49. The lowest BCUT2D eigenvalue weighted by molar-refractivity contribution is 0.101. The second-order valence-electron chi connectivity index (χ2n) is 2.77. The number of hydrogen-bond donors (Lipinski definition) is 0. The minimum Gasteiger partial charge on any atom is -0.305 e. The van der Waals surface area contributed by atoms with E-state index in [0.29, 0.717) is 16.4 Å². The van der Waals surface area contributed by atoms with E-state index in [1.807, 2.05) is 0 Å². The maximum Gasteiger partial charge on any atom is 0.179 e. The molecule has 0 atom stereocenters. The van der Waals surface area contributed by atoms with Crippen molar-refractivity contribution in [3.05, 3.63) is 35.2 Å². The molecule has 0 amide bonds. The summed E-state index contributed by atoms with van der Waals surface area (Å²) in [5, 5.41) is 0.551. The molecule has 0 aliphatic carbocycles. The van der Waals surface area contributed by atoms with Gasteiger partial charge in [-0.1, -0.05) is 11.6 Å². The van der Waals surface area contributed by atoms with Gasteiger partial charge < -0.3 is 4.40 Å². The zero-order chi connectivity index (χ0) is 9.42. The second-order valence-corrected chi connectivity index (χ2v) is 3.18. The molecule has 0 N–H and O–H groups in total. The molecule has 0 aliphatic rings. The van der Waals surface area contributed by atoms with Crippen LogP contribution in [0.25, 0.3) is 5.65 Å². The summed E-state index contributed by atoms with van der Waals surface area (Å²) in [5.41, 5.74) is 1.06. The van der Waals surface area contributed by atoms with Gasteiger partial charge in [-0.2, -0.15) is 0 Å². The molecule has 0 spiro atoms. The fourth-order valence-corrected chi connectivity index (χ4v) is 1.36. The number of halogens is 1. The number of rotatable bonds is 1. The van der Waals surface area contributed by atoms with Crippen LogP contribution in [0.15, 0.2) is 24.5 Å². The minimum atomic E-state index is -0.0558. The van der Waals surface area contributed by atoms with E-state index < -0.39 is 0 Å². The van der Waals surface area contributed by atoms with E-state index in [1.54, 1.807) is 28.9 Å². The smallest absolute Gasteiger partial charge is 0.179 e. The molecule has 2 aromatic rings. The van der Waals surface area contributed by atoms with E-state index in [-0.39, 0.29) is 5.78 Å². The third kappa shape index (κ3) is 1.31. The summed E-state index contributed by atoms with van der Waals surface area (Å²) in [6, 6.07) is 3.55. The highest BCUT2D eigenvalue weighted by Gasteiger charge is 2.07. The van der Waals surface area contributed by atoms with Crippen LogP contribution in [0.4, 0.5) is 0 Å². The minimum absolute atomic E-state index is 0.0558. The quantitative estimate of drug-likeness (QED) is 0.653. The van der Waals surface area contributed by atoms with E-state index in [1.165, 1.54) is 6.92 Å². The maximum atomic E-state index is 11.0. The maximum absolute atomic E-state index is 11.0. The molecule has 0 saturated heterocycles. The first-order valence-electron chi connectivity index (χ1n) is 3.82. The van der Waals surface area contributed by atoms with E-state index in [9.17, 15) is 4.79 Å². The van der Waals surface area contributed by atoms with Crippen LogP contribution >= 0.6 is 11.6 Å². The first-order valence-corrected chi connectivity index (χ1v) is 4.20. The first kappa shape index (κ1) is 8.26. The Balaban J connectivity index is 2.75. The number of pyridine rings is 1. The Morgan fingerprint density at radius 1 is 1.62 bits per heavy atom. The number of imidazole rings is 1. The monoisotopic (exact) mass is 194 g/mol. The molecule has 0 aliphatic heterocycles. The van der Waals surface area contributed by atoms with Gasteiger partial charge in [0.15, 0.2) is 11.4 Å². The van der Waals surface area contributed by atoms with E-state index in [4.69, 9.17) is 11.6 Å². The zero-order valence-corrected chi connectivity index (χ0v) is 7.75. The fraction of sp³-hybridized carbons (Fsp3) is 0.111. The number of carbonyl (C=O) groups is 1. The molecule has 2 aromatic heterocycles. The van der Waals surface area contributed by atoms with Crippen molar-refractivity contribution in [2.75, 3.05) is 0 Å². The molecule has 0 aromatic carbocycles. The van der Waals surface area contributed by atoms with Crippen molar-refractivity contribution in [2.45, 2.75) is 6.92 Å². The molecule has 3 nitrogen and oxygen atoms in total. The van der Waals surface area contributed by atoms with E-state index >= 15 is 0 Å². The lowest BCUT2D eigenvalue weighted by atomic mass is 10.3. The highest BCUT2D eigenvalue weighted by molar-refractivity contribution is 6.33. The predicted octanol–water partition coefficient (Wildman–Crippen LogP) is 2.19. The summed E-state index contributed by atoms with van der Waals surface area (Å²) < 4.78 is 1.74. The molecule has 0 saturated carbocycles. The molecule has 0 fully saturated rings. The molecule has 66 valence electrons. The lowest BCUT2D eigenvalue weighted by Gasteiger charge is -1.91. The summed E-state index contributed by atoms with van der Waals surface area (Å²) in [7, 11) is 0. The van der Waals surface area contributed by atoms with Crippen molar-refractivity contribution in [2.24, 2.45) is 0 Å². The molecular weight excluding hydrogens is 188 g/mol. The summed E-state index contributed by atoms with van der Waals surface area (Å²) >= 11 is 5.88. The topological polar surface area (TPSA) is 34.4 Å². The molecular formula is C9H7ClN2O. The van der Waals surface area contributed by atoms with Gasteiger partial charge in [0.25, 0.3) is 0 Å². The van der Waals surface area contributed by atoms with Crippen LogP contribution < -0.4 is 0 Å². The van der Waals surface area contributed by atoms with E-state index in [2.05, 4.69) is 4.98 Å². The van der Waals surface area contributed by atoms with Crippen LogP contribution in [-0.2, 0) is 0 Å². The summed E-state index contributed by atoms with van der Waals surface area (Å²) in [6.07, 6.45) is 3.48. The van der Waals surface area contributed by atoms with Crippen molar-refractivity contribution in [3.8, 4) is 0 Å². The number of Topliss-reactive ketones (excluding diaryl/α,β-unsaturated/α-hetero) is 1. The van der Waals surface area contributed by atoms with Gasteiger partial charge in [0.2, 0.25) is 0 Å². The van der Waals surface area contributed by atoms with Gasteiger partial charge in [-0.05, 0) is 12.1 Å². The van der Waals surface area contributed by atoms with Gasteiger partial charge in [-0.3, -0.25) is 4.79 Å². The van der Waals surface area contributed by atoms with Gasteiger partial charge in [0.05, 0.1) is 5.02 Å². The fourth-order valence-electron chi connectivity index (χ4n) is 1.15. The average molecular weight is 195 g/mol. The predicted molar refractivity (Wildman–Crippen MR) is 50.2 cm³/mol. The van der Waals surface area contributed by atoms with Gasteiger partial charge in [0, 0.05) is 19.3 Å². The molecule has 0 unspecified atom stereocenters. The Kier molecular flexibility index (Phi) is 1.81. The Morgan fingerprint density at radius 3 is 3.00 bits per heavy atom. The van der Waals surface area contributed by atoms with Crippen LogP contribution in [0.2, 0.25) is 5.02 Å². The number of aromatic nitrogens is 2. The van der Waals surface area contributed by atoms with Gasteiger partial charge >= 0.3 is 0 Å². The number of carbonyl (C=O) groups excluding carboxylic acids is 1. The van der Waals surface area contributed by atoms with Crippen molar-refractivity contribution >= 4 is 23.0 Å². The van der Waals surface area contributed by atoms with Gasteiger partial charge in [-0.25, -0.2) is 4.98 Å². The SMILES string of the molecule is CC(=O)c1cn2cccc(Cl)c2n1. The number of fused-ring (bicyclic) bond motifs is 1. The van der Waals surface area contributed by atoms with Gasteiger partial charge in [0.1, 0.15) is 5.69 Å². The normalized spacial score (nSPS) is 10.6. The number of hydrogen-bond acceptors (Lipinski definition) is 2. The molecule has 0 radical (unpaired) electrons. The third-order valence-electron chi connectivity index (χ3n) is 1.80. The third-order valence-corrected chi connectivity index (χ3v) is 2.09. The summed E-state index contributed by atoms with van der Waals surface area (Å²) in [5.74, 6) is -0.0558. The molecule has 2 heterocycles. The van der Waals surface area contributed by atoms with Gasteiger partial charge in [-0.15, -0.1) is 0 Å². The van der Waals surface area contributed by atoms with Crippen molar-refractivity contribution in [1.29, 1.82) is 0 Å². The number of ketones is 1. The zero-order valence-electron chi connectivity index (χ0n) is 6.99. The largest absolute Gasteiger partial charge is 0.305 e. The highest BCUT2D eigenvalue weighted by Crippen LogP contribution is 2.16. The standard InChI is InChI=1S/C9H7ClN2O/c1-6(13)8-5-12-4-2-3-7(10)9(12)11-8/h2-5H,1H3. The van der Waals surface area contributed by atoms with Crippen LogP contribution in [-0.4, -0.2) is 15.2 Å². The van der Waals surface area contributed by atoms with Crippen molar-refractivity contribution in [1.82, 2.24) is 9.38 Å². The van der Waals surface area contributed by atoms with Crippen LogP contribution in [0, 0.1) is 0 Å². The molecule has 0 bridgehead atoms. The Labute approximate surface area is 80.0 Å². The van der Waals surface area contributed by atoms with E-state index in [0.717, 1.165) is 0 Å². The van der Waals surface area contributed by atoms with Crippen LogP contribution in [0.1, 0.15) is 17.4 Å². The number of nitrogens with zero attached hydrogens (tertiary/aromatic N) is 2. The van der Waals surface area contributed by atoms with Crippen LogP contribution in [0.5, 0.6) is 0 Å². The first-order chi connectivity index (χ1) is 6.18. The highest BCUT2D eigenvalue weighted by atomic mass is 35.5. The molecule has 2 rings (SSSR count). The molecule has 13 heavy (non-hydrogen) atoms. The van der Waals surface area contributed by atoms with Crippen LogP contribution in [0.3, 0.4) is 0 Å². The Hall–Kier alpha value is -1.35. The summed E-state index contributed by atoms with van der Waals surface area (Å²) in [6.45, 7) is 1.48. The Morgan fingerprint density at radius 2 is 2.38 bits per heavy atom. The lowest BCUT2D eigenvalue weighted by Crippen LogP contribution is -1.90.